The number of ether oxygens (including phenoxy) is 2. The van der Waals surface area contributed by atoms with Gasteiger partial charge < -0.3 is 19.7 Å². The van der Waals surface area contributed by atoms with Gasteiger partial charge in [0.25, 0.3) is 0 Å². The molecule has 1 aromatic carbocycles. The van der Waals surface area contributed by atoms with E-state index >= 15 is 0 Å². The van der Waals surface area contributed by atoms with Crippen molar-refractivity contribution in [2.75, 3.05) is 32.1 Å². The van der Waals surface area contributed by atoms with Crippen LogP contribution in [0.1, 0.15) is 20.3 Å². The zero-order valence-corrected chi connectivity index (χ0v) is 14.9. The number of rotatable bonds is 4. The lowest BCUT2D eigenvalue weighted by Crippen LogP contribution is -2.57. The minimum Gasteiger partial charge on any atom is -0.486 e. The second kappa shape index (κ2) is 7.53. The molecule has 1 N–H and O–H groups in total. The summed E-state index contributed by atoms with van der Waals surface area (Å²) in [6, 6.07) is 5.76. The normalized spacial score (nSPS) is 24.5. The van der Waals surface area contributed by atoms with Crippen LogP contribution in [0.3, 0.4) is 0 Å². The van der Waals surface area contributed by atoms with Crippen LogP contribution in [-0.2, 0) is 15.6 Å². The molecule has 7 heteroatoms. The highest BCUT2D eigenvalue weighted by atomic mass is 32.2. The van der Waals surface area contributed by atoms with Crippen LogP contribution in [0.15, 0.2) is 23.1 Å². The van der Waals surface area contributed by atoms with Crippen LogP contribution in [0.4, 0.5) is 0 Å². The molecular formula is C17H24N2O4S. The summed E-state index contributed by atoms with van der Waals surface area (Å²) < 4.78 is 23.5. The van der Waals surface area contributed by atoms with Gasteiger partial charge in [0, 0.05) is 48.3 Å². The number of piperazine rings is 1. The molecule has 24 heavy (non-hydrogen) atoms. The van der Waals surface area contributed by atoms with Crippen molar-refractivity contribution in [1.82, 2.24) is 10.2 Å². The Morgan fingerprint density at radius 2 is 2.04 bits per heavy atom. The van der Waals surface area contributed by atoms with Crippen LogP contribution < -0.4 is 14.8 Å². The highest BCUT2D eigenvalue weighted by Crippen LogP contribution is 2.31. The smallest absolute Gasteiger partial charge is 0.223 e. The molecule has 0 bridgehead atoms. The molecule has 3 unspecified atom stereocenters. The second-order valence-corrected chi connectivity index (χ2v) is 7.75. The maximum Gasteiger partial charge on any atom is 0.223 e. The Kier molecular flexibility index (Phi) is 5.40. The van der Waals surface area contributed by atoms with E-state index in [4.69, 9.17) is 9.47 Å². The van der Waals surface area contributed by atoms with Gasteiger partial charge in [-0.1, -0.05) is 0 Å². The predicted molar refractivity (Wildman–Crippen MR) is 92.0 cm³/mol. The van der Waals surface area contributed by atoms with E-state index in [2.05, 4.69) is 12.2 Å². The number of hydrogen-bond acceptors (Lipinski definition) is 5. The summed E-state index contributed by atoms with van der Waals surface area (Å²) in [6.45, 7) is 6.68. The Hall–Kier alpha value is -1.60. The van der Waals surface area contributed by atoms with Gasteiger partial charge in [0.1, 0.15) is 13.2 Å². The number of hydrogen-bond donors (Lipinski definition) is 1. The number of carbonyl (C=O) groups is 1. The summed E-state index contributed by atoms with van der Waals surface area (Å²) in [4.78, 5) is 15.0. The molecule has 132 valence electrons. The van der Waals surface area contributed by atoms with Gasteiger partial charge in [-0.25, -0.2) is 0 Å². The van der Waals surface area contributed by atoms with Crippen molar-refractivity contribution in [3.8, 4) is 11.5 Å². The number of benzene rings is 1. The van der Waals surface area contributed by atoms with Crippen molar-refractivity contribution in [2.24, 2.45) is 0 Å². The summed E-state index contributed by atoms with van der Waals surface area (Å²) in [5.41, 5.74) is 0. The highest BCUT2D eigenvalue weighted by molar-refractivity contribution is 7.85. The van der Waals surface area contributed by atoms with Crippen molar-refractivity contribution in [3.05, 3.63) is 18.2 Å². The van der Waals surface area contributed by atoms with Crippen LogP contribution in [-0.4, -0.2) is 59.2 Å². The molecule has 3 atom stereocenters. The van der Waals surface area contributed by atoms with Gasteiger partial charge in [0.2, 0.25) is 5.91 Å². The first-order chi connectivity index (χ1) is 11.6. The van der Waals surface area contributed by atoms with E-state index in [1.54, 1.807) is 18.2 Å². The lowest BCUT2D eigenvalue weighted by molar-refractivity contribution is -0.134. The van der Waals surface area contributed by atoms with E-state index in [-0.39, 0.29) is 24.4 Å². The predicted octanol–water partition coefficient (Wildman–Crippen LogP) is 1.16. The van der Waals surface area contributed by atoms with Gasteiger partial charge in [-0.15, -0.1) is 0 Å². The van der Waals surface area contributed by atoms with Crippen molar-refractivity contribution in [2.45, 2.75) is 37.2 Å². The van der Waals surface area contributed by atoms with Gasteiger partial charge in [-0.3, -0.25) is 9.00 Å². The molecule has 1 amide bonds. The minimum atomic E-state index is -1.23. The van der Waals surface area contributed by atoms with Crippen LogP contribution >= 0.6 is 0 Å². The van der Waals surface area contributed by atoms with Gasteiger partial charge >= 0.3 is 0 Å². The molecule has 2 aliphatic rings. The number of amides is 1. The van der Waals surface area contributed by atoms with Crippen LogP contribution in [0.2, 0.25) is 0 Å². The van der Waals surface area contributed by atoms with Crippen molar-refractivity contribution in [3.63, 3.8) is 0 Å². The molecule has 6 nitrogen and oxygen atoms in total. The summed E-state index contributed by atoms with van der Waals surface area (Å²) in [5.74, 6) is 1.70. The third-order valence-electron chi connectivity index (χ3n) is 4.63. The van der Waals surface area contributed by atoms with Crippen LogP contribution in [0.5, 0.6) is 11.5 Å². The van der Waals surface area contributed by atoms with E-state index in [9.17, 15) is 9.00 Å². The lowest BCUT2D eigenvalue weighted by atomic mass is 10.1. The summed E-state index contributed by atoms with van der Waals surface area (Å²) in [7, 11) is -1.23. The third-order valence-corrected chi connectivity index (χ3v) is 5.99. The minimum absolute atomic E-state index is 0.0711. The Bertz CT molecular complexity index is 637. The molecule has 1 saturated heterocycles. The number of fused-ring (bicyclic) bond motifs is 1. The van der Waals surface area contributed by atoms with E-state index in [0.29, 0.717) is 41.9 Å². The van der Waals surface area contributed by atoms with E-state index in [1.807, 2.05) is 11.8 Å². The largest absolute Gasteiger partial charge is 0.486 e. The molecule has 1 aromatic rings. The molecular weight excluding hydrogens is 328 g/mol. The number of nitrogens with zero attached hydrogens (tertiary/aromatic N) is 1. The quantitative estimate of drug-likeness (QED) is 0.881. The number of carbonyl (C=O) groups excluding carboxylic acids is 1. The van der Waals surface area contributed by atoms with Crippen LogP contribution in [0.25, 0.3) is 0 Å². The number of nitrogens with one attached hydrogen (secondary N) is 1. The van der Waals surface area contributed by atoms with Gasteiger partial charge in [0.15, 0.2) is 11.5 Å². The first-order valence-electron chi connectivity index (χ1n) is 8.37. The fourth-order valence-corrected chi connectivity index (χ4v) is 4.07. The second-order valence-electron chi connectivity index (χ2n) is 6.18. The molecule has 0 spiro atoms. The zero-order valence-electron chi connectivity index (χ0n) is 14.1. The molecule has 0 radical (unpaired) electrons. The monoisotopic (exact) mass is 352 g/mol. The SMILES string of the molecule is CC1NCCN(C(=O)CCS(=O)c2ccc3c(c2)OCCO3)C1C. The van der Waals surface area contributed by atoms with Gasteiger partial charge in [-0.05, 0) is 26.0 Å². The Morgan fingerprint density at radius 3 is 2.83 bits per heavy atom. The van der Waals surface area contributed by atoms with Gasteiger partial charge in [-0.2, -0.15) is 0 Å². The van der Waals surface area contributed by atoms with E-state index in [0.717, 1.165) is 6.54 Å². The average Bonchev–Trinajstić information content (AvgIpc) is 2.61. The van der Waals surface area contributed by atoms with Crippen molar-refractivity contribution < 1.29 is 18.5 Å². The standard InChI is InChI=1S/C17H24N2O4S/c1-12-13(2)19(7-6-18-12)17(20)5-10-24(21)14-3-4-15-16(11-14)23-9-8-22-15/h3-4,11-13,18H,5-10H2,1-2H3. The third kappa shape index (κ3) is 3.72. The van der Waals surface area contributed by atoms with Crippen molar-refractivity contribution >= 4 is 16.7 Å². The van der Waals surface area contributed by atoms with E-state index in [1.165, 1.54) is 0 Å². The summed E-state index contributed by atoms with van der Waals surface area (Å²) >= 11 is 0. The fraction of sp³-hybridized carbons (Fsp3) is 0.588. The first-order valence-corrected chi connectivity index (χ1v) is 9.69. The average molecular weight is 352 g/mol. The van der Waals surface area contributed by atoms with Gasteiger partial charge in [0.05, 0.1) is 10.8 Å². The molecule has 0 aromatic heterocycles. The fourth-order valence-electron chi connectivity index (χ4n) is 3.02. The molecule has 3 rings (SSSR count). The van der Waals surface area contributed by atoms with Crippen molar-refractivity contribution in [1.29, 1.82) is 0 Å². The Balaban J connectivity index is 1.58. The molecule has 2 aliphatic heterocycles. The topological polar surface area (TPSA) is 67.9 Å². The molecule has 2 heterocycles. The molecule has 0 aliphatic carbocycles. The maximum atomic E-state index is 12.5. The zero-order chi connectivity index (χ0) is 17.1. The van der Waals surface area contributed by atoms with Crippen LogP contribution in [0, 0.1) is 0 Å². The summed E-state index contributed by atoms with van der Waals surface area (Å²) in [6.07, 6.45) is 0.290. The highest BCUT2D eigenvalue weighted by Gasteiger charge is 2.28. The Morgan fingerprint density at radius 1 is 1.29 bits per heavy atom. The molecule has 1 fully saturated rings. The molecule has 0 saturated carbocycles. The first kappa shape index (κ1) is 17.2. The summed E-state index contributed by atoms with van der Waals surface area (Å²) in [5, 5.41) is 3.36. The maximum absolute atomic E-state index is 12.5. The lowest BCUT2D eigenvalue weighted by Gasteiger charge is -2.38. The van der Waals surface area contributed by atoms with E-state index < -0.39 is 10.8 Å². The Labute approximate surface area is 145 Å².